The van der Waals surface area contributed by atoms with Crippen LogP contribution in [0, 0.1) is 0 Å². The van der Waals surface area contributed by atoms with Crippen molar-refractivity contribution in [3.63, 3.8) is 0 Å². The molecule has 4 heterocycles. The number of nitrogens with zero attached hydrogens (tertiary/aromatic N) is 7. The number of hydrogen-bond donors (Lipinski definition) is 0. The summed E-state index contributed by atoms with van der Waals surface area (Å²) in [6, 6.07) is 4.06. The van der Waals surface area contributed by atoms with Gasteiger partial charge in [-0.25, -0.2) is 9.97 Å². The summed E-state index contributed by atoms with van der Waals surface area (Å²) < 4.78 is 3.98. The van der Waals surface area contributed by atoms with Gasteiger partial charge in [0, 0.05) is 63.3 Å². The molecule has 0 aliphatic carbocycles. The number of carbonyl (C=O) groups is 1. The van der Waals surface area contributed by atoms with Gasteiger partial charge in [0.25, 0.3) is 0 Å². The van der Waals surface area contributed by atoms with Crippen molar-refractivity contribution >= 4 is 5.91 Å². The largest absolute Gasteiger partial charge is 0.343 e. The van der Waals surface area contributed by atoms with Crippen LogP contribution in [0.4, 0.5) is 0 Å². The molecule has 1 amide bonds. The summed E-state index contributed by atoms with van der Waals surface area (Å²) in [5.74, 6) is 1.75. The van der Waals surface area contributed by atoms with Crippen LogP contribution in [0.15, 0.2) is 49.6 Å². The first-order chi connectivity index (χ1) is 13.8. The highest BCUT2D eigenvalue weighted by Crippen LogP contribution is 2.27. The van der Waals surface area contributed by atoms with Gasteiger partial charge in [0.1, 0.15) is 18.5 Å². The Hall–Kier alpha value is -3.03. The Kier molecular flexibility index (Phi) is 5.75. The summed E-state index contributed by atoms with van der Waals surface area (Å²) in [7, 11) is 0. The number of aryl methyl sites for hydroxylation is 1. The molecule has 0 saturated carbocycles. The van der Waals surface area contributed by atoms with Crippen LogP contribution in [-0.2, 0) is 17.9 Å². The molecule has 0 N–H and O–H groups in total. The third-order valence-corrected chi connectivity index (χ3v) is 5.31. The van der Waals surface area contributed by atoms with E-state index in [0.717, 1.165) is 51.3 Å². The molecular formula is C20H25N7O. The number of carbonyl (C=O) groups excluding carboxylic acids is 1. The second-order valence-electron chi connectivity index (χ2n) is 7.19. The van der Waals surface area contributed by atoms with Gasteiger partial charge in [0.05, 0.1) is 0 Å². The molecule has 8 nitrogen and oxygen atoms in total. The molecule has 0 radical (unpaired) electrons. The van der Waals surface area contributed by atoms with Gasteiger partial charge < -0.3 is 9.47 Å². The number of aromatic nitrogens is 6. The summed E-state index contributed by atoms with van der Waals surface area (Å²) >= 11 is 0. The van der Waals surface area contributed by atoms with Crippen LogP contribution in [0.2, 0.25) is 0 Å². The molecule has 1 aliphatic rings. The van der Waals surface area contributed by atoms with Gasteiger partial charge in [-0.2, -0.15) is 5.10 Å². The average molecular weight is 379 g/mol. The zero-order valence-electron chi connectivity index (χ0n) is 15.9. The zero-order valence-corrected chi connectivity index (χ0v) is 15.9. The number of hydrogen-bond acceptors (Lipinski definition) is 5. The van der Waals surface area contributed by atoms with Crippen molar-refractivity contribution in [3.05, 3.63) is 61.0 Å². The highest BCUT2D eigenvalue weighted by molar-refractivity contribution is 5.76. The van der Waals surface area contributed by atoms with E-state index in [4.69, 9.17) is 0 Å². The van der Waals surface area contributed by atoms with Crippen LogP contribution in [0.3, 0.4) is 0 Å². The fourth-order valence-electron chi connectivity index (χ4n) is 3.78. The minimum atomic E-state index is 0.235. The topological polar surface area (TPSA) is 81.7 Å². The van der Waals surface area contributed by atoms with Crippen LogP contribution in [0.1, 0.15) is 43.0 Å². The molecule has 1 saturated heterocycles. The number of likely N-dealkylation sites (tertiary alicyclic amines) is 1. The summed E-state index contributed by atoms with van der Waals surface area (Å²) in [6.45, 7) is 3.14. The lowest BCUT2D eigenvalue weighted by molar-refractivity contribution is -0.132. The van der Waals surface area contributed by atoms with E-state index in [-0.39, 0.29) is 5.91 Å². The van der Waals surface area contributed by atoms with Gasteiger partial charge in [0.2, 0.25) is 5.91 Å². The third-order valence-electron chi connectivity index (χ3n) is 5.31. The number of piperidine rings is 1. The predicted octanol–water partition coefficient (Wildman–Crippen LogP) is 2.10. The molecule has 3 aromatic heterocycles. The molecule has 28 heavy (non-hydrogen) atoms. The van der Waals surface area contributed by atoms with Crippen LogP contribution in [0.25, 0.3) is 0 Å². The van der Waals surface area contributed by atoms with Gasteiger partial charge in [-0.1, -0.05) is 0 Å². The molecule has 0 spiro atoms. The van der Waals surface area contributed by atoms with Gasteiger partial charge in [-0.15, -0.1) is 0 Å². The second kappa shape index (κ2) is 8.77. The normalized spacial score (nSPS) is 15.1. The van der Waals surface area contributed by atoms with E-state index in [1.54, 1.807) is 11.0 Å². The lowest BCUT2D eigenvalue weighted by atomic mass is 9.95. The Morgan fingerprint density at radius 1 is 1.11 bits per heavy atom. The molecule has 0 atom stereocenters. The maximum absolute atomic E-state index is 12.5. The van der Waals surface area contributed by atoms with Crippen LogP contribution in [-0.4, -0.2) is 53.2 Å². The highest BCUT2D eigenvalue weighted by Gasteiger charge is 2.26. The fraction of sp³-hybridized carbons (Fsp3) is 0.450. The molecular weight excluding hydrogens is 354 g/mol. The zero-order chi connectivity index (χ0) is 19.2. The van der Waals surface area contributed by atoms with Crippen LogP contribution < -0.4 is 0 Å². The summed E-state index contributed by atoms with van der Waals surface area (Å²) in [5, 5.41) is 4.07. The quantitative estimate of drug-likeness (QED) is 0.628. The smallest absolute Gasteiger partial charge is 0.222 e. The monoisotopic (exact) mass is 379 g/mol. The maximum atomic E-state index is 12.5. The van der Waals surface area contributed by atoms with Gasteiger partial charge in [0.15, 0.2) is 0 Å². The number of pyridine rings is 1. The van der Waals surface area contributed by atoms with Gasteiger partial charge in [-0.3, -0.25) is 14.5 Å². The highest BCUT2D eigenvalue weighted by atomic mass is 16.2. The van der Waals surface area contributed by atoms with Crippen molar-refractivity contribution in [1.82, 2.24) is 34.2 Å². The maximum Gasteiger partial charge on any atom is 0.222 e. The average Bonchev–Trinajstić information content (AvgIpc) is 3.41. The number of rotatable bonds is 7. The first-order valence-corrected chi connectivity index (χ1v) is 9.80. The van der Waals surface area contributed by atoms with E-state index in [1.807, 2.05) is 41.8 Å². The van der Waals surface area contributed by atoms with Crippen LogP contribution >= 0.6 is 0 Å². The fourth-order valence-corrected chi connectivity index (χ4v) is 3.78. The Balaban J connectivity index is 1.27. The summed E-state index contributed by atoms with van der Waals surface area (Å²) in [4.78, 5) is 27.1. The van der Waals surface area contributed by atoms with Crippen molar-refractivity contribution in [1.29, 1.82) is 0 Å². The van der Waals surface area contributed by atoms with Crippen LogP contribution in [0.5, 0.6) is 0 Å². The molecule has 0 aromatic carbocycles. The standard InChI is InChI=1S/C20H25N7O/c28-19(2-1-10-27-16-22-15-24-27)25-11-5-18(6-12-25)20-23-9-13-26(20)14-17-3-7-21-8-4-17/h3-4,7-9,13,15-16,18H,1-2,5-6,10-12,14H2. The van der Waals surface area contributed by atoms with Crippen molar-refractivity contribution in [2.75, 3.05) is 13.1 Å². The first-order valence-electron chi connectivity index (χ1n) is 9.80. The lowest BCUT2D eigenvalue weighted by Crippen LogP contribution is -2.38. The van der Waals surface area contributed by atoms with Crippen molar-refractivity contribution in [3.8, 4) is 0 Å². The van der Waals surface area contributed by atoms with Crippen molar-refractivity contribution in [2.24, 2.45) is 0 Å². The molecule has 1 fully saturated rings. The van der Waals surface area contributed by atoms with Crippen molar-refractivity contribution < 1.29 is 4.79 Å². The Bertz CT molecular complexity index is 867. The van der Waals surface area contributed by atoms with E-state index >= 15 is 0 Å². The molecule has 8 heteroatoms. The van der Waals surface area contributed by atoms with E-state index < -0.39 is 0 Å². The Morgan fingerprint density at radius 2 is 1.93 bits per heavy atom. The second-order valence-corrected chi connectivity index (χ2v) is 7.19. The van der Waals surface area contributed by atoms with E-state index in [2.05, 4.69) is 24.6 Å². The first kappa shape index (κ1) is 18.3. The van der Waals surface area contributed by atoms with E-state index in [0.29, 0.717) is 12.3 Å². The minimum Gasteiger partial charge on any atom is -0.343 e. The molecule has 3 aromatic rings. The SMILES string of the molecule is O=C(CCCn1cncn1)N1CCC(c2nccn2Cc2ccncc2)CC1. The molecule has 1 aliphatic heterocycles. The van der Waals surface area contributed by atoms with Crippen molar-refractivity contribution in [2.45, 2.75) is 44.7 Å². The van der Waals surface area contributed by atoms with E-state index in [1.165, 1.54) is 11.9 Å². The van der Waals surface area contributed by atoms with Gasteiger partial charge >= 0.3 is 0 Å². The molecule has 146 valence electrons. The molecule has 0 unspecified atom stereocenters. The third kappa shape index (κ3) is 4.44. The molecule has 0 bridgehead atoms. The Morgan fingerprint density at radius 3 is 2.68 bits per heavy atom. The minimum absolute atomic E-state index is 0.235. The Labute approximate surface area is 164 Å². The van der Waals surface area contributed by atoms with Gasteiger partial charge in [-0.05, 0) is 37.0 Å². The van der Waals surface area contributed by atoms with E-state index in [9.17, 15) is 4.79 Å². The summed E-state index contributed by atoms with van der Waals surface area (Å²) in [5.41, 5.74) is 1.22. The number of amides is 1. The summed E-state index contributed by atoms with van der Waals surface area (Å²) in [6.07, 6.45) is 14.0. The molecule has 4 rings (SSSR count). The predicted molar refractivity (Wildman–Crippen MR) is 103 cm³/mol. The lowest BCUT2D eigenvalue weighted by Gasteiger charge is -2.32. The number of imidazole rings is 1.